The molecule has 1 amide bonds. The van der Waals surface area contributed by atoms with Crippen LogP contribution in [0.15, 0.2) is 42.5 Å². The predicted molar refractivity (Wildman–Crippen MR) is 103 cm³/mol. The number of aryl methyl sites for hydroxylation is 1. The second-order valence-electron chi connectivity index (χ2n) is 5.94. The van der Waals surface area contributed by atoms with Crippen molar-refractivity contribution in [2.24, 2.45) is 0 Å². The predicted octanol–water partition coefficient (Wildman–Crippen LogP) is 5.42. The summed E-state index contributed by atoms with van der Waals surface area (Å²) in [5.74, 6) is 1.20. The summed E-state index contributed by atoms with van der Waals surface area (Å²) >= 11 is 13.6. The van der Waals surface area contributed by atoms with Crippen LogP contribution in [0.3, 0.4) is 0 Å². The van der Waals surface area contributed by atoms with Crippen LogP contribution in [-0.2, 0) is 17.0 Å². The summed E-state index contributed by atoms with van der Waals surface area (Å²) in [6.07, 6.45) is 3.23. The van der Waals surface area contributed by atoms with Gasteiger partial charge < -0.3 is 5.32 Å². The van der Waals surface area contributed by atoms with E-state index < -0.39 is 0 Å². The van der Waals surface area contributed by atoms with E-state index in [1.807, 2.05) is 18.2 Å². The van der Waals surface area contributed by atoms with Gasteiger partial charge in [-0.2, -0.15) is 0 Å². The zero-order valence-electron chi connectivity index (χ0n) is 13.2. The van der Waals surface area contributed by atoms with Gasteiger partial charge in [0.05, 0.1) is 11.8 Å². The van der Waals surface area contributed by atoms with Gasteiger partial charge in [-0.25, -0.2) is 0 Å². The van der Waals surface area contributed by atoms with Crippen LogP contribution in [0.5, 0.6) is 0 Å². The molecule has 0 aromatic heterocycles. The molecule has 5 heteroatoms. The number of hydrogen-bond donors (Lipinski definition) is 1. The highest BCUT2D eigenvalue weighted by atomic mass is 35.5. The molecule has 3 rings (SSSR count). The van der Waals surface area contributed by atoms with Gasteiger partial charge in [-0.3, -0.25) is 4.79 Å². The molecule has 0 unspecified atom stereocenters. The molecule has 2 aromatic carbocycles. The van der Waals surface area contributed by atoms with Crippen LogP contribution in [0.4, 0.5) is 0 Å². The molecular weight excluding hydrogens is 361 g/mol. The van der Waals surface area contributed by atoms with E-state index in [1.165, 1.54) is 11.1 Å². The average Bonchev–Trinajstić information content (AvgIpc) is 2.57. The first kappa shape index (κ1) is 17.7. The summed E-state index contributed by atoms with van der Waals surface area (Å²) in [5.41, 5.74) is 3.62. The lowest BCUT2D eigenvalue weighted by Crippen LogP contribution is -2.32. The van der Waals surface area contributed by atoms with Crippen LogP contribution in [0.25, 0.3) is 0 Å². The summed E-state index contributed by atoms with van der Waals surface area (Å²) in [6, 6.07) is 14.0. The number of hydrogen-bond acceptors (Lipinski definition) is 2. The molecule has 1 atom stereocenters. The Kier molecular flexibility index (Phi) is 6.09. The second kappa shape index (κ2) is 8.28. The van der Waals surface area contributed by atoms with E-state index in [9.17, 15) is 4.79 Å². The number of halogens is 2. The van der Waals surface area contributed by atoms with E-state index in [0.717, 1.165) is 24.8 Å². The van der Waals surface area contributed by atoms with Crippen molar-refractivity contribution in [2.45, 2.75) is 31.1 Å². The SMILES string of the molecule is O=C(CSCc1ccc(Cl)cc1Cl)N[C@H]1CCCc2ccccc21. The Morgan fingerprint density at radius 3 is 2.88 bits per heavy atom. The van der Waals surface area contributed by atoms with Gasteiger partial charge in [0.25, 0.3) is 0 Å². The van der Waals surface area contributed by atoms with Crippen molar-refractivity contribution >= 4 is 40.9 Å². The fourth-order valence-corrected chi connectivity index (χ4v) is 4.43. The minimum absolute atomic E-state index is 0.0757. The summed E-state index contributed by atoms with van der Waals surface area (Å²) in [7, 11) is 0. The minimum atomic E-state index is 0.0757. The lowest BCUT2D eigenvalue weighted by molar-refractivity contribution is -0.119. The first-order chi connectivity index (χ1) is 11.6. The monoisotopic (exact) mass is 379 g/mol. The zero-order chi connectivity index (χ0) is 16.9. The third-order valence-corrected chi connectivity index (χ3v) is 5.78. The maximum atomic E-state index is 12.3. The molecule has 1 N–H and O–H groups in total. The van der Waals surface area contributed by atoms with Crippen LogP contribution in [0.2, 0.25) is 10.0 Å². The third kappa shape index (κ3) is 4.47. The summed E-state index contributed by atoms with van der Waals surface area (Å²) < 4.78 is 0. The highest BCUT2D eigenvalue weighted by molar-refractivity contribution is 7.99. The molecule has 2 nitrogen and oxygen atoms in total. The Bertz CT molecular complexity index is 735. The fourth-order valence-electron chi connectivity index (χ4n) is 3.03. The first-order valence-corrected chi connectivity index (χ1v) is 9.93. The number of benzene rings is 2. The Morgan fingerprint density at radius 1 is 1.21 bits per heavy atom. The standard InChI is InChI=1S/C19H19Cl2NOS/c20-15-9-8-14(17(21)10-15)11-24-12-19(23)22-18-7-3-5-13-4-1-2-6-16(13)18/h1-2,4,6,8-10,18H,3,5,7,11-12H2,(H,22,23)/t18-/m0/s1. The number of carbonyl (C=O) groups is 1. The van der Waals surface area contributed by atoms with Crippen molar-refractivity contribution in [3.8, 4) is 0 Å². The second-order valence-corrected chi connectivity index (χ2v) is 7.77. The Balaban J connectivity index is 1.52. The molecule has 0 bridgehead atoms. The Morgan fingerprint density at radius 2 is 2.04 bits per heavy atom. The van der Waals surface area contributed by atoms with E-state index in [-0.39, 0.29) is 11.9 Å². The molecule has 0 radical (unpaired) electrons. The first-order valence-electron chi connectivity index (χ1n) is 8.02. The molecule has 0 aliphatic heterocycles. The largest absolute Gasteiger partial charge is 0.349 e. The molecule has 126 valence electrons. The van der Waals surface area contributed by atoms with Gasteiger partial charge in [0.2, 0.25) is 5.91 Å². The van der Waals surface area contributed by atoms with Crippen LogP contribution in [0, 0.1) is 0 Å². The number of rotatable bonds is 5. The van der Waals surface area contributed by atoms with Gasteiger partial charge in [-0.15, -0.1) is 11.8 Å². The van der Waals surface area contributed by atoms with Crippen molar-refractivity contribution in [1.82, 2.24) is 5.32 Å². The number of thioether (sulfide) groups is 1. The van der Waals surface area contributed by atoms with E-state index in [4.69, 9.17) is 23.2 Å². The van der Waals surface area contributed by atoms with Crippen LogP contribution in [-0.4, -0.2) is 11.7 Å². The molecule has 2 aromatic rings. The maximum Gasteiger partial charge on any atom is 0.230 e. The molecule has 1 aliphatic rings. The van der Waals surface area contributed by atoms with Crippen LogP contribution >= 0.6 is 35.0 Å². The highest BCUT2D eigenvalue weighted by Gasteiger charge is 2.21. The molecular formula is C19H19Cl2NOS. The van der Waals surface area contributed by atoms with E-state index in [0.29, 0.717) is 21.6 Å². The van der Waals surface area contributed by atoms with Crippen LogP contribution < -0.4 is 5.32 Å². The number of fused-ring (bicyclic) bond motifs is 1. The minimum Gasteiger partial charge on any atom is -0.349 e. The van der Waals surface area contributed by atoms with Gasteiger partial charge in [-0.1, -0.05) is 53.5 Å². The molecule has 0 saturated heterocycles. The Labute approximate surface area is 156 Å². The molecule has 0 spiro atoms. The third-order valence-electron chi connectivity index (χ3n) is 4.21. The van der Waals surface area contributed by atoms with Crippen molar-refractivity contribution in [1.29, 1.82) is 0 Å². The van der Waals surface area contributed by atoms with Crippen molar-refractivity contribution < 1.29 is 4.79 Å². The number of carbonyl (C=O) groups excluding carboxylic acids is 1. The molecule has 0 saturated carbocycles. The van der Waals surface area contributed by atoms with Crippen molar-refractivity contribution in [2.75, 3.05) is 5.75 Å². The molecule has 1 aliphatic carbocycles. The van der Waals surface area contributed by atoms with Gasteiger partial charge in [0, 0.05) is 15.8 Å². The van der Waals surface area contributed by atoms with Gasteiger partial charge in [0.15, 0.2) is 0 Å². The summed E-state index contributed by atoms with van der Waals surface area (Å²) in [6.45, 7) is 0. The molecule has 24 heavy (non-hydrogen) atoms. The quantitative estimate of drug-likeness (QED) is 0.750. The average molecular weight is 380 g/mol. The molecule has 0 fully saturated rings. The van der Waals surface area contributed by atoms with E-state index in [2.05, 4.69) is 23.5 Å². The topological polar surface area (TPSA) is 29.1 Å². The van der Waals surface area contributed by atoms with Crippen LogP contribution in [0.1, 0.15) is 35.6 Å². The van der Waals surface area contributed by atoms with E-state index >= 15 is 0 Å². The number of nitrogens with one attached hydrogen (secondary N) is 1. The summed E-state index contributed by atoms with van der Waals surface area (Å²) in [5, 5.41) is 4.45. The lowest BCUT2D eigenvalue weighted by atomic mass is 9.88. The van der Waals surface area contributed by atoms with Gasteiger partial charge >= 0.3 is 0 Å². The molecule has 0 heterocycles. The normalized spacial score (nSPS) is 16.5. The van der Waals surface area contributed by atoms with Crippen molar-refractivity contribution in [3.63, 3.8) is 0 Å². The maximum absolute atomic E-state index is 12.3. The van der Waals surface area contributed by atoms with Gasteiger partial charge in [0.1, 0.15) is 0 Å². The smallest absolute Gasteiger partial charge is 0.230 e. The fraction of sp³-hybridized carbons (Fsp3) is 0.316. The lowest BCUT2D eigenvalue weighted by Gasteiger charge is -2.26. The summed E-state index contributed by atoms with van der Waals surface area (Å²) in [4.78, 5) is 12.3. The Hall–Kier alpha value is -1.16. The highest BCUT2D eigenvalue weighted by Crippen LogP contribution is 2.29. The van der Waals surface area contributed by atoms with E-state index in [1.54, 1.807) is 17.8 Å². The number of amides is 1. The zero-order valence-corrected chi connectivity index (χ0v) is 15.6. The van der Waals surface area contributed by atoms with Gasteiger partial charge in [-0.05, 0) is 48.1 Å². The van der Waals surface area contributed by atoms with Crippen molar-refractivity contribution in [3.05, 3.63) is 69.2 Å².